The van der Waals surface area contributed by atoms with E-state index in [-0.39, 0.29) is 6.10 Å². The van der Waals surface area contributed by atoms with Gasteiger partial charge < -0.3 is 9.64 Å². The number of thiazole rings is 1. The van der Waals surface area contributed by atoms with Gasteiger partial charge in [0.25, 0.3) is 5.19 Å². The Bertz CT molecular complexity index is 898. The van der Waals surface area contributed by atoms with Gasteiger partial charge in [-0.3, -0.25) is 0 Å². The molecule has 0 N–H and O–H groups in total. The Hall–Kier alpha value is -1.51. The van der Waals surface area contributed by atoms with Gasteiger partial charge in [0.1, 0.15) is 21.1 Å². The maximum absolute atomic E-state index is 6.12. The van der Waals surface area contributed by atoms with Gasteiger partial charge in [-0.1, -0.05) is 22.9 Å². The van der Waals surface area contributed by atoms with Crippen molar-refractivity contribution in [3.63, 3.8) is 0 Å². The molecule has 3 aromatic heterocycles. The van der Waals surface area contributed by atoms with E-state index >= 15 is 0 Å². The highest BCUT2D eigenvalue weighted by Crippen LogP contribution is 2.31. The first-order chi connectivity index (χ1) is 12.6. The number of ether oxygens (including phenoxy) is 1. The second-order valence-electron chi connectivity index (χ2n) is 6.29. The molecule has 0 radical (unpaired) electrons. The van der Waals surface area contributed by atoms with Crippen LogP contribution in [-0.4, -0.2) is 39.1 Å². The number of aromatic nitrogens is 4. The van der Waals surface area contributed by atoms with Crippen molar-refractivity contribution < 1.29 is 4.74 Å². The average Bonchev–Trinajstić information content (AvgIpc) is 3.03. The lowest BCUT2D eigenvalue weighted by Gasteiger charge is -2.34. The van der Waals surface area contributed by atoms with E-state index in [0.29, 0.717) is 16.1 Å². The predicted octanol–water partition coefficient (Wildman–Crippen LogP) is 4.58. The molecule has 4 rings (SSSR count). The third kappa shape index (κ3) is 3.92. The van der Waals surface area contributed by atoms with Crippen molar-refractivity contribution in [2.24, 2.45) is 5.92 Å². The number of piperidine rings is 1. The zero-order chi connectivity index (χ0) is 18.1. The van der Waals surface area contributed by atoms with Gasteiger partial charge >= 0.3 is 0 Å². The summed E-state index contributed by atoms with van der Waals surface area (Å²) in [5.41, 5.74) is 0.870. The summed E-state index contributed by atoms with van der Waals surface area (Å²) in [6, 6.07) is 3.84. The molecular formula is C17H17BrClN5OS. The van der Waals surface area contributed by atoms with Gasteiger partial charge in [-0.15, -0.1) is 0 Å². The standard InChI is InChI=1S/C17H17BrClN5OS/c1-10(25-17-22-13-2-3-14(18)23-15(13)26-17)11-4-6-24(7-5-11)16-20-8-12(19)9-21-16/h2-3,8-11H,4-7H2,1H3/t10-/m0/s1. The van der Waals surface area contributed by atoms with E-state index in [2.05, 4.69) is 47.7 Å². The van der Waals surface area contributed by atoms with E-state index in [9.17, 15) is 0 Å². The molecule has 0 aromatic carbocycles. The molecule has 0 spiro atoms. The Kier molecular flexibility index (Phi) is 5.24. The summed E-state index contributed by atoms with van der Waals surface area (Å²) < 4.78 is 6.93. The maximum Gasteiger partial charge on any atom is 0.276 e. The summed E-state index contributed by atoms with van der Waals surface area (Å²) >= 11 is 10.7. The molecule has 1 aliphatic rings. The largest absolute Gasteiger partial charge is 0.467 e. The van der Waals surface area contributed by atoms with Crippen molar-refractivity contribution in [3.8, 4) is 5.19 Å². The van der Waals surface area contributed by atoms with E-state index < -0.39 is 0 Å². The molecule has 0 unspecified atom stereocenters. The van der Waals surface area contributed by atoms with Crippen LogP contribution in [-0.2, 0) is 0 Å². The lowest BCUT2D eigenvalue weighted by molar-refractivity contribution is 0.132. The first-order valence-electron chi connectivity index (χ1n) is 8.41. The fourth-order valence-corrected chi connectivity index (χ4v) is 4.51. The summed E-state index contributed by atoms with van der Waals surface area (Å²) in [4.78, 5) is 20.6. The van der Waals surface area contributed by atoms with Gasteiger partial charge in [-0.25, -0.2) is 19.9 Å². The van der Waals surface area contributed by atoms with Crippen LogP contribution in [0.2, 0.25) is 5.02 Å². The van der Waals surface area contributed by atoms with E-state index in [0.717, 1.165) is 46.8 Å². The van der Waals surface area contributed by atoms with Crippen molar-refractivity contribution in [2.75, 3.05) is 18.0 Å². The normalized spacial score (nSPS) is 16.8. The van der Waals surface area contributed by atoms with Crippen molar-refractivity contribution in [1.29, 1.82) is 0 Å². The summed E-state index contributed by atoms with van der Waals surface area (Å²) in [7, 11) is 0. The Balaban J connectivity index is 1.36. The van der Waals surface area contributed by atoms with Crippen LogP contribution >= 0.6 is 38.9 Å². The molecule has 1 atom stereocenters. The summed E-state index contributed by atoms with van der Waals surface area (Å²) in [6.45, 7) is 3.94. The number of nitrogens with zero attached hydrogens (tertiary/aromatic N) is 5. The molecule has 4 heterocycles. The molecule has 0 bridgehead atoms. The summed E-state index contributed by atoms with van der Waals surface area (Å²) in [6.07, 6.45) is 5.44. The van der Waals surface area contributed by atoms with Crippen molar-refractivity contribution in [1.82, 2.24) is 19.9 Å². The van der Waals surface area contributed by atoms with Crippen molar-refractivity contribution >= 4 is 55.2 Å². The Morgan fingerprint density at radius 2 is 1.96 bits per heavy atom. The molecule has 136 valence electrons. The van der Waals surface area contributed by atoms with Crippen LogP contribution in [0.25, 0.3) is 10.3 Å². The van der Waals surface area contributed by atoms with Crippen molar-refractivity contribution in [2.45, 2.75) is 25.9 Å². The molecule has 6 nitrogen and oxygen atoms in total. The highest BCUT2D eigenvalue weighted by atomic mass is 79.9. The minimum absolute atomic E-state index is 0.104. The van der Waals surface area contributed by atoms with Crippen LogP contribution in [0.3, 0.4) is 0 Å². The molecule has 1 fully saturated rings. The topological polar surface area (TPSA) is 64.0 Å². The summed E-state index contributed by atoms with van der Waals surface area (Å²) in [5, 5.41) is 1.24. The highest BCUT2D eigenvalue weighted by Gasteiger charge is 2.27. The van der Waals surface area contributed by atoms with Gasteiger partial charge in [-0.05, 0) is 53.7 Å². The lowest BCUT2D eigenvalue weighted by Crippen LogP contribution is -2.39. The zero-order valence-corrected chi connectivity index (χ0v) is 17.3. The van der Waals surface area contributed by atoms with Gasteiger partial charge in [0, 0.05) is 13.1 Å². The van der Waals surface area contributed by atoms with Gasteiger partial charge in [-0.2, -0.15) is 0 Å². The van der Waals surface area contributed by atoms with Crippen LogP contribution in [0.4, 0.5) is 5.95 Å². The van der Waals surface area contributed by atoms with Crippen LogP contribution in [0.1, 0.15) is 19.8 Å². The molecular weight excluding hydrogens is 438 g/mol. The molecule has 0 aliphatic carbocycles. The second-order valence-corrected chi connectivity index (χ2v) is 8.48. The zero-order valence-electron chi connectivity index (χ0n) is 14.1. The number of rotatable bonds is 4. The molecule has 0 amide bonds. The lowest BCUT2D eigenvalue weighted by atomic mass is 9.92. The number of anilines is 1. The molecule has 0 saturated carbocycles. The minimum atomic E-state index is 0.104. The highest BCUT2D eigenvalue weighted by molar-refractivity contribution is 9.10. The quantitative estimate of drug-likeness (QED) is 0.538. The molecule has 1 saturated heterocycles. The molecule has 3 aromatic rings. The van der Waals surface area contributed by atoms with Crippen LogP contribution in [0.15, 0.2) is 29.1 Å². The smallest absolute Gasteiger partial charge is 0.276 e. The first-order valence-corrected chi connectivity index (χ1v) is 10.4. The third-order valence-electron chi connectivity index (χ3n) is 4.58. The molecule has 1 aliphatic heterocycles. The third-order valence-corrected chi connectivity index (χ3v) is 6.07. The SMILES string of the molecule is C[C@H](Oc1nc2ccc(Br)nc2s1)C1CCN(c2ncc(Cl)cn2)CC1. The number of hydrogen-bond donors (Lipinski definition) is 0. The number of fused-ring (bicyclic) bond motifs is 1. The van der Waals surface area contributed by atoms with Gasteiger partial charge in [0.05, 0.1) is 17.4 Å². The van der Waals surface area contributed by atoms with Crippen molar-refractivity contribution in [3.05, 3.63) is 34.2 Å². The predicted molar refractivity (Wildman–Crippen MR) is 107 cm³/mol. The second kappa shape index (κ2) is 7.62. The van der Waals surface area contributed by atoms with Crippen LogP contribution < -0.4 is 9.64 Å². The minimum Gasteiger partial charge on any atom is -0.467 e. The van der Waals surface area contributed by atoms with E-state index in [1.54, 1.807) is 12.4 Å². The maximum atomic E-state index is 6.12. The monoisotopic (exact) mass is 453 g/mol. The Morgan fingerprint density at radius 1 is 1.23 bits per heavy atom. The molecule has 26 heavy (non-hydrogen) atoms. The Morgan fingerprint density at radius 3 is 2.69 bits per heavy atom. The fourth-order valence-electron chi connectivity index (χ4n) is 3.12. The molecule has 9 heteroatoms. The van der Waals surface area contributed by atoms with Gasteiger partial charge in [0.2, 0.25) is 5.95 Å². The average molecular weight is 455 g/mol. The van der Waals surface area contributed by atoms with E-state index in [1.807, 2.05) is 12.1 Å². The number of halogens is 2. The number of hydrogen-bond acceptors (Lipinski definition) is 7. The van der Waals surface area contributed by atoms with E-state index in [1.165, 1.54) is 11.3 Å². The number of pyridine rings is 1. The van der Waals surface area contributed by atoms with E-state index in [4.69, 9.17) is 16.3 Å². The summed E-state index contributed by atoms with van der Waals surface area (Å²) in [5.74, 6) is 1.22. The fraction of sp³-hybridized carbons (Fsp3) is 0.412. The van der Waals surface area contributed by atoms with Gasteiger partial charge in [0.15, 0.2) is 0 Å². The first kappa shape index (κ1) is 17.9. The van der Waals surface area contributed by atoms with Crippen LogP contribution in [0.5, 0.6) is 5.19 Å². The Labute approximate surface area is 168 Å². The van der Waals surface area contributed by atoms with Crippen LogP contribution in [0, 0.1) is 5.92 Å².